The number of hydrogen-bond donors (Lipinski definition) is 0. The predicted molar refractivity (Wildman–Crippen MR) is 70.3 cm³/mol. The van der Waals surface area contributed by atoms with E-state index >= 15 is 0 Å². The average molecular weight is 244 g/mol. The maximum Gasteiger partial charge on any atom is 0.195 e. The van der Waals surface area contributed by atoms with E-state index in [1.807, 2.05) is 37.3 Å². The van der Waals surface area contributed by atoms with Crippen LogP contribution in [0.1, 0.15) is 20.3 Å². The van der Waals surface area contributed by atoms with E-state index in [-0.39, 0.29) is 5.78 Å². The lowest BCUT2D eigenvalue weighted by Gasteiger charge is -1.86. The fourth-order valence-electron chi connectivity index (χ4n) is 1.33. The smallest absolute Gasteiger partial charge is 0.195 e. The fourth-order valence-corrected chi connectivity index (χ4v) is 2.12. The Morgan fingerprint density at radius 1 is 1.29 bits per heavy atom. The molecule has 0 aliphatic carbocycles. The Labute approximate surface area is 104 Å². The van der Waals surface area contributed by atoms with Crippen molar-refractivity contribution in [1.29, 1.82) is 0 Å². The quantitative estimate of drug-likeness (QED) is 0.460. The second-order valence-corrected chi connectivity index (χ2v) is 4.80. The normalized spacial score (nSPS) is 11.6. The first-order valence-corrected chi connectivity index (χ1v) is 6.06. The van der Waals surface area contributed by atoms with E-state index in [4.69, 9.17) is 4.42 Å². The van der Waals surface area contributed by atoms with Gasteiger partial charge < -0.3 is 4.42 Å². The third-order valence-electron chi connectivity index (χ3n) is 2.15. The van der Waals surface area contributed by atoms with Gasteiger partial charge in [-0.15, -0.1) is 11.3 Å². The Bertz CT molecular complexity index is 545. The molecule has 2 heterocycles. The van der Waals surface area contributed by atoms with Crippen molar-refractivity contribution in [2.75, 3.05) is 0 Å². The van der Waals surface area contributed by atoms with Crippen molar-refractivity contribution in [1.82, 2.24) is 0 Å². The Balaban J connectivity index is 1.95. The molecule has 0 fully saturated rings. The van der Waals surface area contributed by atoms with Crippen molar-refractivity contribution in [3.8, 4) is 0 Å². The highest BCUT2D eigenvalue weighted by Gasteiger charge is 2.02. The second kappa shape index (κ2) is 5.46. The van der Waals surface area contributed by atoms with E-state index < -0.39 is 0 Å². The van der Waals surface area contributed by atoms with Crippen LogP contribution in [-0.2, 0) is 0 Å². The van der Waals surface area contributed by atoms with Gasteiger partial charge in [0.2, 0.25) is 0 Å². The zero-order valence-corrected chi connectivity index (χ0v) is 10.2. The maximum atomic E-state index is 11.7. The van der Waals surface area contributed by atoms with E-state index in [2.05, 4.69) is 0 Å². The summed E-state index contributed by atoms with van der Waals surface area (Å²) in [5.41, 5.74) is 0. The summed E-state index contributed by atoms with van der Waals surface area (Å²) in [5.74, 6) is 0.807. The number of thiophene rings is 1. The van der Waals surface area contributed by atoms with Crippen LogP contribution >= 0.6 is 11.3 Å². The van der Waals surface area contributed by atoms with Crippen molar-refractivity contribution in [2.24, 2.45) is 0 Å². The molecule has 0 aliphatic heterocycles. The lowest BCUT2D eigenvalue weighted by Crippen LogP contribution is -1.87. The number of ketones is 1. The molecule has 0 aliphatic rings. The maximum absolute atomic E-state index is 11.7. The number of rotatable bonds is 4. The van der Waals surface area contributed by atoms with Gasteiger partial charge in [0.05, 0.1) is 11.1 Å². The predicted octanol–water partition coefficient (Wildman–Crippen LogP) is 4.10. The Kier molecular flexibility index (Phi) is 3.73. The molecule has 3 heteroatoms. The summed E-state index contributed by atoms with van der Waals surface area (Å²) in [4.78, 5) is 13.6. The number of carbonyl (C=O) groups is 1. The van der Waals surface area contributed by atoms with E-state index in [1.54, 1.807) is 24.5 Å². The van der Waals surface area contributed by atoms with Crippen molar-refractivity contribution in [2.45, 2.75) is 6.92 Å². The number of aryl methyl sites for hydroxylation is 1. The Morgan fingerprint density at radius 3 is 2.82 bits per heavy atom. The molecule has 0 amide bonds. The molecular formula is C14H12O2S. The van der Waals surface area contributed by atoms with Gasteiger partial charge in [0.1, 0.15) is 5.76 Å². The minimum atomic E-state index is 0.0344. The van der Waals surface area contributed by atoms with Crippen LogP contribution in [0.4, 0.5) is 0 Å². The van der Waals surface area contributed by atoms with Crippen LogP contribution in [-0.4, -0.2) is 5.78 Å². The van der Waals surface area contributed by atoms with E-state index in [0.29, 0.717) is 0 Å². The van der Waals surface area contributed by atoms with Gasteiger partial charge in [-0.2, -0.15) is 0 Å². The van der Waals surface area contributed by atoms with Crippen LogP contribution in [0.25, 0.3) is 6.08 Å². The minimum Gasteiger partial charge on any atom is -0.465 e. The molecule has 0 atom stereocenters. The van der Waals surface area contributed by atoms with E-state index in [1.165, 1.54) is 11.3 Å². The molecule has 2 nitrogen and oxygen atoms in total. The lowest BCUT2D eigenvalue weighted by atomic mass is 10.3. The molecule has 2 aromatic heterocycles. The van der Waals surface area contributed by atoms with Crippen LogP contribution in [0.15, 0.2) is 53.2 Å². The third kappa shape index (κ3) is 3.29. The van der Waals surface area contributed by atoms with Gasteiger partial charge in [0, 0.05) is 4.88 Å². The highest BCUT2D eigenvalue weighted by atomic mass is 32.1. The number of hydrogen-bond acceptors (Lipinski definition) is 3. The SMILES string of the molecule is Cc1ccc(C(=O)/C=C/C=C/c2ccco2)s1. The first-order valence-electron chi connectivity index (χ1n) is 5.25. The third-order valence-corrected chi connectivity index (χ3v) is 3.16. The molecule has 2 aromatic rings. The summed E-state index contributed by atoms with van der Waals surface area (Å²) in [5, 5.41) is 0. The molecule has 0 aromatic carbocycles. The van der Waals surface area contributed by atoms with E-state index in [9.17, 15) is 4.79 Å². The van der Waals surface area contributed by atoms with Crippen molar-refractivity contribution >= 4 is 23.2 Å². The molecule has 0 radical (unpaired) electrons. The number of furan rings is 1. The standard InChI is InChI=1S/C14H12O2S/c1-11-8-9-14(17-11)13(15)7-3-2-5-12-6-4-10-16-12/h2-10H,1H3/b5-2+,7-3+. The monoisotopic (exact) mass is 244 g/mol. The largest absolute Gasteiger partial charge is 0.465 e. The topological polar surface area (TPSA) is 30.2 Å². The van der Waals surface area contributed by atoms with Gasteiger partial charge in [-0.1, -0.05) is 12.2 Å². The summed E-state index contributed by atoms with van der Waals surface area (Å²) in [6, 6.07) is 7.48. The lowest BCUT2D eigenvalue weighted by molar-refractivity contribution is 0.105. The van der Waals surface area contributed by atoms with Gasteiger partial charge in [0.25, 0.3) is 0 Å². The summed E-state index contributed by atoms with van der Waals surface area (Å²) < 4.78 is 5.12. The van der Waals surface area contributed by atoms with Crippen LogP contribution in [0.2, 0.25) is 0 Å². The first-order chi connectivity index (χ1) is 8.25. The molecule has 0 saturated heterocycles. The van der Waals surface area contributed by atoms with Gasteiger partial charge in [-0.05, 0) is 43.3 Å². The zero-order valence-electron chi connectivity index (χ0n) is 9.42. The molecule has 0 bridgehead atoms. The Hall–Kier alpha value is -1.87. The molecular weight excluding hydrogens is 232 g/mol. The van der Waals surface area contributed by atoms with Crippen LogP contribution in [0, 0.1) is 6.92 Å². The average Bonchev–Trinajstić information content (AvgIpc) is 2.95. The first kappa shape index (κ1) is 11.6. The molecule has 0 saturated carbocycles. The van der Waals surface area contributed by atoms with Crippen molar-refractivity contribution < 1.29 is 9.21 Å². The van der Waals surface area contributed by atoms with E-state index in [0.717, 1.165) is 15.5 Å². The number of allylic oxidation sites excluding steroid dienone is 3. The molecule has 2 rings (SSSR count). The molecule has 0 spiro atoms. The van der Waals surface area contributed by atoms with Gasteiger partial charge in [-0.3, -0.25) is 4.79 Å². The summed E-state index contributed by atoms with van der Waals surface area (Å²) >= 11 is 1.51. The summed E-state index contributed by atoms with van der Waals surface area (Å²) in [6.07, 6.45) is 8.49. The minimum absolute atomic E-state index is 0.0344. The summed E-state index contributed by atoms with van der Waals surface area (Å²) in [6.45, 7) is 1.99. The molecule has 86 valence electrons. The van der Waals surface area contributed by atoms with Crippen LogP contribution in [0.5, 0.6) is 0 Å². The van der Waals surface area contributed by atoms with Gasteiger partial charge >= 0.3 is 0 Å². The molecule has 0 N–H and O–H groups in total. The second-order valence-electron chi connectivity index (χ2n) is 3.51. The molecule has 17 heavy (non-hydrogen) atoms. The Morgan fingerprint density at radius 2 is 2.18 bits per heavy atom. The van der Waals surface area contributed by atoms with Gasteiger partial charge in [-0.25, -0.2) is 0 Å². The highest BCUT2D eigenvalue weighted by molar-refractivity contribution is 7.14. The number of carbonyl (C=O) groups excluding carboxylic acids is 1. The van der Waals surface area contributed by atoms with Crippen molar-refractivity contribution in [3.63, 3.8) is 0 Å². The van der Waals surface area contributed by atoms with Gasteiger partial charge in [0.15, 0.2) is 5.78 Å². The highest BCUT2D eigenvalue weighted by Crippen LogP contribution is 2.15. The molecule has 0 unspecified atom stereocenters. The zero-order chi connectivity index (χ0) is 12.1. The fraction of sp³-hybridized carbons (Fsp3) is 0.0714. The van der Waals surface area contributed by atoms with Crippen molar-refractivity contribution in [3.05, 3.63) is 64.3 Å². The van der Waals surface area contributed by atoms with Crippen LogP contribution < -0.4 is 0 Å². The summed E-state index contributed by atoms with van der Waals surface area (Å²) in [7, 11) is 0. The van der Waals surface area contributed by atoms with Crippen LogP contribution in [0.3, 0.4) is 0 Å².